The third-order valence-electron chi connectivity index (χ3n) is 3.84. The highest BCUT2D eigenvalue weighted by atomic mass is 19.1. The molecule has 1 N–H and O–H groups in total. The predicted octanol–water partition coefficient (Wildman–Crippen LogP) is 4.64. The molecule has 0 aliphatic heterocycles. The van der Waals surface area contributed by atoms with Gasteiger partial charge < -0.3 is 5.32 Å². The van der Waals surface area contributed by atoms with E-state index in [-0.39, 0.29) is 11.4 Å². The molecule has 0 amide bonds. The molecule has 5 nitrogen and oxygen atoms in total. The number of nitro groups is 1. The van der Waals surface area contributed by atoms with Crippen molar-refractivity contribution in [2.24, 2.45) is 0 Å². The fraction of sp³-hybridized carbons (Fsp3) is 0.118. The SMILES string of the molecule is Cc1cc(Nc2ccc(F)cc2[N+](=O)[O-])c(C)c2cnccc12. The minimum Gasteiger partial charge on any atom is -0.350 e. The maximum absolute atomic E-state index is 13.3. The Morgan fingerprint density at radius 1 is 1.13 bits per heavy atom. The van der Waals surface area contributed by atoms with Gasteiger partial charge in [0.2, 0.25) is 0 Å². The summed E-state index contributed by atoms with van der Waals surface area (Å²) in [6, 6.07) is 7.33. The number of hydrogen-bond acceptors (Lipinski definition) is 4. The number of nitrogens with one attached hydrogen (secondary N) is 1. The van der Waals surface area contributed by atoms with Gasteiger partial charge >= 0.3 is 0 Å². The quantitative estimate of drug-likeness (QED) is 0.565. The minimum atomic E-state index is -0.641. The number of nitrogens with zero attached hydrogens (tertiary/aromatic N) is 2. The molecule has 2 aromatic carbocycles. The van der Waals surface area contributed by atoms with Gasteiger partial charge in [-0.05, 0) is 54.6 Å². The Morgan fingerprint density at radius 3 is 2.65 bits per heavy atom. The molecule has 0 saturated carbocycles. The lowest BCUT2D eigenvalue weighted by atomic mass is 10.0. The summed E-state index contributed by atoms with van der Waals surface area (Å²) in [4.78, 5) is 14.7. The lowest BCUT2D eigenvalue weighted by Crippen LogP contribution is -2.00. The summed E-state index contributed by atoms with van der Waals surface area (Å²) in [5, 5.41) is 16.2. The first kappa shape index (κ1) is 14.9. The van der Waals surface area contributed by atoms with Crippen LogP contribution in [0.3, 0.4) is 0 Å². The van der Waals surface area contributed by atoms with Crippen molar-refractivity contribution in [3.8, 4) is 0 Å². The van der Waals surface area contributed by atoms with E-state index in [1.807, 2.05) is 26.0 Å². The van der Waals surface area contributed by atoms with E-state index in [4.69, 9.17) is 0 Å². The highest BCUT2D eigenvalue weighted by Crippen LogP contribution is 2.33. The maximum atomic E-state index is 13.3. The largest absolute Gasteiger partial charge is 0.350 e. The van der Waals surface area contributed by atoms with Gasteiger partial charge in [0.15, 0.2) is 0 Å². The van der Waals surface area contributed by atoms with E-state index >= 15 is 0 Å². The number of hydrogen-bond donors (Lipinski definition) is 1. The Bertz CT molecular complexity index is 925. The number of aryl methyl sites for hydroxylation is 2. The molecule has 0 fully saturated rings. The number of pyridine rings is 1. The third-order valence-corrected chi connectivity index (χ3v) is 3.84. The van der Waals surface area contributed by atoms with Gasteiger partial charge in [0.25, 0.3) is 5.69 Å². The lowest BCUT2D eigenvalue weighted by Gasteiger charge is -2.14. The normalized spacial score (nSPS) is 10.7. The van der Waals surface area contributed by atoms with Gasteiger partial charge in [-0.15, -0.1) is 0 Å². The van der Waals surface area contributed by atoms with E-state index < -0.39 is 10.7 Å². The molecule has 0 radical (unpaired) electrons. The summed E-state index contributed by atoms with van der Waals surface area (Å²) < 4.78 is 13.3. The average Bonchev–Trinajstić information content (AvgIpc) is 2.53. The number of anilines is 2. The van der Waals surface area contributed by atoms with Crippen molar-refractivity contribution in [2.45, 2.75) is 13.8 Å². The Morgan fingerprint density at radius 2 is 1.91 bits per heavy atom. The Hall–Kier alpha value is -3.02. The molecule has 6 heteroatoms. The number of halogens is 1. The second-order valence-electron chi connectivity index (χ2n) is 5.33. The number of nitro benzene ring substituents is 1. The summed E-state index contributed by atoms with van der Waals surface area (Å²) >= 11 is 0. The maximum Gasteiger partial charge on any atom is 0.295 e. The molecule has 0 unspecified atom stereocenters. The van der Waals surface area contributed by atoms with Crippen LogP contribution in [0.15, 0.2) is 42.7 Å². The van der Waals surface area contributed by atoms with Crippen LogP contribution in [-0.2, 0) is 0 Å². The van der Waals surface area contributed by atoms with E-state index in [0.29, 0.717) is 0 Å². The zero-order valence-corrected chi connectivity index (χ0v) is 12.6. The Balaban J connectivity index is 2.13. The van der Waals surface area contributed by atoms with Crippen molar-refractivity contribution in [3.63, 3.8) is 0 Å². The molecule has 0 aliphatic carbocycles. The molecule has 3 aromatic rings. The highest BCUT2D eigenvalue weighted by molar-refractivity contribution is 5.93. The lowest BCUT2D eigenvalue weighted by molar-refractivity contribution is -0.384. The van der Waals surface area contributed by atoms with Crippen LogP contribution < -0.4 is 5.32 Å². The molecule has 1 heterocycles. The summed E-state index contributed by atoms with van der Waals surface area (Å²) in [5.41, 5.74) is 2.64. The number of rotatable bonds is 3. The summed E-state index contributed by atoms with van der Waals surface area (Å²) in [6.45, 7) is 3.88. The smallest absolute Gasteiger partial charge is 0.295 e. The van der Waals surface area contributed by atoms with Gasteiger partial charge in [0.05, 0.1) is 11.0 Å². The molecule has 116 valence electrons. The molecular weight excluding hydrogens is 297 g/mol. The van der Waals surface area contributed by atoms with Gasteiger partial charge in [0.1, 0.15) is 11.5 Å². The molecule has 0 aliphatic rings. The van der Waals surface area contributed by atoms with Crippen LogP contribution in [0.25, 0.3) is 10.8 Å². The van der Waals surface area contributed by atoms with E-state index in [9.17, 15) is 14.5 Å². The first-order valence-electron chi connectivity index (χ1n) is 7.02. The molecule has 0 saturated heterocycles. The summed E-state index contributed by atoms with van der Waals surface area (Å²) in [5.74, 6) is -0.641. The van der Waals surface area contributed by atoms with Gasteiger partial charge in [-0.2, -0.15) is 0 Å². The van der Waals surface area contributed by atoms with Gasteiger partial charge in [-0.25, -0.2) is 4.39 Å². The molecule has 0 atom stereocenters. The van der Waals surface area contributed by atoms with Crippen molar-refractivity contribution in [1.29, 1.82) is 0 Å². The molecule has 3 rings (SSSR count). The van der Waals surface area contributed by atoms with E-state index in [0.717, 1.165) is 33.7 Å². The van der Waals surface area contributed by atoms with Gasteiger partial charge in [-0.3, -0.25) is 15.1 Å². The standard InChI is InChI=1S/C17H14FN3O2/c1-10-7-16(11(2)14-9-19-6-5-13(10)14)20-15-4-3-12(18)8-17(15)21(22)23/h3-9,20H,1-2H3. The van der Waals surface area contributed by atoms with Crippen molar-refractivity contribution < 1.29 is 9.31 Å². The molecule has 1 aromatic heterocycles. The number of fused-ring (bicyclic) bond motifs is 1. The van der Waals surface area contributed by atoms with Gasteiger partial charge in [-0.1, -0.05) is 0 Å². The van der Waals surface area contributed by atoms with Crippen molar-refractivity contribution in [2.75, 3.05) is 5.32 Å². The first-order chi connectivity index (χ1) is 11.0. The van der Waals surface area contributed by atoms with Crippen LogP contribution in [0.5, 0.6) is 0 Å². The fourth-order valence-electron chi connectivity index (χ4n) is 2.62. The Labute approximate surface area is 131 Å². The van der Waals surface area contributed by atoms with Crippen molar-refractivity contribution in [3.05, 3.63) is 69.8 Å². The molecule has 0 spiro atoms. The van der Waals surface area contributed by atoms with E-state index in [2.05, 4.69) is 10.3 Å². The second kappa shape index (κ2) is 5.64. The van der Waals surface area contributed by atoms with E-state index in [1.165, 1.54) is 12.1 Å². The van der Waals surface area contributed by atoms with Crippen LogP contribution in [0, 0.1) is 29.8 Å². The second-order valence-corrected chi connectivity index (χ2v) is 5.33. The van der Waals surface area contributed by atoms with Crippen LogP contribution >= 0.6 is 0 Å². The van der Waals surface area contributed by atoms with Crippen LogP contribution in [-0.4, -0.2) is 9.91 Å². The van der Waals surface area contributed by atoms with Crippen molar-refractivity contribution >= 4 is 27.8 Å². The molecule has 0 bridgehead atoms. The monoisotopic (exact) mass is 311 g/mol. The predicted molar refractivity (Wildman–Crippen MR) is 87.6 cm³/mol. The van der Waals surface area contributed by atoms with Crippen LogP contribution in [0.4, 0.5) is 21.5 Å². The number of benzene rings is 2. The highest BCUT2D eigenvalue weighted by Gasteiger charge is 2.16. The molecular formula is C17H14FN3O2. The zero-order chi connectivity index (χ0) is 16.6. The fourth-order valence-corrected chi connectivity index (χ4v) is 2.62. The van der Waals surface area contributed by atoms with Crippen molar-refractivity contribution in [1.82, 2.24) is 4.98 Å². The third kappa shape index (κ3) is 2.70. The summed E-state index contributed by atoms with van der Waals surface area (Å²) in [7, 11) is 0. The average molecular weight is 311 g/mol. The number of aromatic nitrogens is 1. The van der Waals surface area contributed by atoms with Crippen LogP contribution in [0.2, 0.25) is 0 Å². The molecule has 23 heavy (non-hydrogen) atoms. The van der Waals surface area contributed by atoms with Crippen LogP contribution in [0.1, 0.15) is 11.1 Å². The summed E-state index contributed by atoms with van der Waals surface area (Å²) in [6.07, 6.45) is 3.49. The first-order valence-corrected chi connectivity index (χ1v) is 7.02. The zero-order valence-electron chi connectivity index (χ0n) is 12.6. The minimum absolute atomic E-state index is 0.252. The van der Waals surface area contributed by atoms with E-state index in [1.54, 1.807) is 12.4 Å². The topological polar surface area (TPSA) is 68.1 Å². The Kier molecular flexibility index (Phi) is 3.65. The van der Waals surface area contributed by atoms with Gasteiger partial charge in [0, 0.05) is 23.5 Å².